The van der Waals surface area contributed by atoms with Gasteiger partial charge in [-0.2, -0.15) is 0 Å². The Labute approximate surface area is 85.0 Å². The highest BCUT2D eigenvalue weighted by atomic mass is 32.1. The van der Waals surface area contributed by atoms with Crippen LogP contribution >= 0.6 is 24.2 Å². The number of nitrogens with zero attached hydrogens (tertiary/aromatic N) is 2. The largest absolute Gasteiger partial charge is 0.416 e. The van der Waals surface area contributed by atoms with E-state index in [1.54, 1.807) is 18.6 Å². The fraction of sp³-hybridized carbons (Fsp3) is 0. The molecule has 66 valence electrons. The van der Waals surface area contributed by atoms with Crippen molar-refractivity contribution in [1.82, 2.24) is 9.97 Å². The van der Waals surface area contributed by atoms with Crippen molar-refractivity contribution in [3.8, 4) is 15.6 Å². The summed E-state index contributed by atoms with van der Waals surface area (Å²) in [5.74, 6) is 0. The number of aromatic nitrogens is 2. The summed E-state index contributed by atoms with van der Waals surface area (Å²) in [6.45, 7) is 0. The molecule has 0 radical (unpaired) electrons. The third kappa shape index (κ3) is 1.81. The molecule has 2 rings (SSSR count). The number of hydrogen-bond acceptors (Lipinski definition) is 5. The SMILES string of the molecule is SOc1cnc(-c2cccnc2)s1. The second-order valence-corrected chi connectivity index (χ2v) is 3.49. The summed E-state index contributed by atoms with van der Waals surface area (Å²) < 4.78 is 4.75. The van der Waals surface area contributed by atoms with E-state index in [1.165, 1.54) is 11.3 Å². The summed E-state index contributed by atoms with van der Waals surface area (Å²) in [7, 11) is 0. The molecule has 0 aliphatic rings. The zero-order chi connectivity index (χ0) is 9.10. The maximum Gasteiger partial charge on any atom is 0.210 e. The molecule has 0 fully saturated rings. The average molecular weight is 210 g/mol. The van der Waals surface area contributed by atoms with Crippen LogP contribution in [0.5, 0.6) is 5.06 Å². The minimum atomic E-state index is 0.683. The Bertz CT molecular complexity index is 388. The summed E-state index contributed by atoms with van der Waals surface area (Å²) in [4.78, 5) is 8.16. The maximum absolute atomic E-state index is 4.75. The number of hydrogen-bond donors (Lipinski definition) is 1. The standard InChI is InChI=1S/C8H6N2OS2/c12-11-7-5-10-8(13-7)6-2-1-3-9-4-6/h1-5,12H. The van der Waals surface area contributed by atoms with Crippen molar-refractivity contribution in [2.24, 2.45) is 0 Å². The first-order valence-corrected chi connectivity index (χ1v) is 4.76. The molecule has 0 aliphatic heterocycles. The lowest BCUT2D eigenvalue weighted by Crippen LogP contribution is -1.75. The van der Waals surface area contributed by atoms with Gasteiger partial charge >= 0.3 is 0 Å². The minimum absolute atomic E-state index is 0.683. The molecule has 0 spiro atoms. The van der Waals surface area contributed by atoms with Gasteiger partial charge in [0.15, 0.2) is 0 Å². The van der Waals surface area contributed by atoms with Gasteiger partial charge in [-0.05, 0) is 12.1 Å². The Morgan fingerprint density at radius 1 is 1.38 bits per heavy atom. The highest BCUT2D eigenvalue weighted by molar-refractivity contribution is 7.75. The van der Waals surface area contributed by atoms with Crippen LogP contribution in [0.4, 0.5) is 0 Å². The van der Waals surface area contributed by atoms with Crippen molar-refractivity contribution in [3.05, 3.63) is 30.7 Å². The summed E-state index contributed by atoms with van der Waals surface area (Å²) in [5.41, 5.74) is 0.990. The normalized spacial score (nSPS) is 9.92. The molecule has 0 aromatic carbocycles. The molecule has 13 heavy (non-hydrogen) atoms. The lowest BCUT2D eigenvalue weighted by Gasteiger charge is -1.91. The molecule has 0 bridgehead atoms. The molecule has 0 amide bonds. The Morgan fingerprint density at radius 2 is 2.31 bits per heavy atom. The third-order valence-electron chi connectivity index (χ3n) is 1.48. The number of rotatable bonds is 2. The summed E-state index contributed by atoms with van der Waals surface area (Å²) in [6, 6.07) is 3.83. The molecule has 0 saturated carbocycles. The predicted molar refractivity (Wildman–Crippen MR) is 55.0 cm³/mol. The zero-order valence-corrected chi connectivity index (χ0v) is 8.26. The molecule has 2 heterocycles. The van der Waals surface area contributed by atoms with Crippen molar-refractivity contribution in [2.45, 2.75) is 0 Å². The number of thiol groups is 1. The van der Waals surface area contributed by atoms with E-state index in [-0.39, 0.29) is 0 Å². The van der Waals surface area contributed by atoms with E-state index < -0.39 is 0 Å². The monoisotopic (exact) mass is 210 g/mol. The molecule has 0 N–H and O–H groups in total. The van der Waals surface area contributed by atoms with Crippen molar-refractivity contribution >= 4 is 24.2 Å². The quantitative estimate of drug-likeness (QED) is 0.610. The Kier molecular flexibility index (Phi) is 2.47. The molecule has 2 aromatic rings. The van der Waals surface area contributed by atoms with Crippen molar-refractivity contribution in [2.75, 3.05) is 0 Å². The van der Waals surface area contributed by atoms with Crippen LogP contribution in [0.1, 0.15) is 0 Å². The van der Waals surface area contributed by atoms with Gasteiger partial charge in [0.05, 0.1) is 6.20 Å². The Morgan fingerprint density at radius 3 is 2.92 bits per heavy atom. The van der Waals surface area contributed by atoms with Crippen LogP contribution in [0, 0.1) is 0 Å². The molecule has 0 unspecified atom stereocenters. The van der Waals surface area contributed by atoms with Crippen molar-refractivity contribution in [3.63, 3.8) is 0 Å². The minimum Gasteiger partial charge on any atom is -0.416 e. The van der Waals surface area contributed by atoms with E-state index >= 15 is 0 Å². The summed E-state index contributed by atoms with van der Waals surface area (Å²) in [5, 5.41) is 1.57. The second kappa shape index (κ2) is 3.76. The Balaban J connectivity index is 2.36. The first-order valence-electron chi connectivity index (χ1n) is 3.58. The van der Waals surface area contributed by atoms with Gasteiger partial charge in [0.2, 0.25) is 5.06 Å². The van der Waals surface area contributed by atoms with Gasteiger partial charge in [0.1, 0.15) is 5.01 Å². The van der Waals surface area contributed by atoms with Crippen LogP contribution < -0.4 is 4.18 Å². The highest BCUT2D eigenvalue weighted by Crippen LogP contribution is 2.29. The lowest BCUT2D eigenvalue weighted by atomic mass is 10.3. The smallest absolute Gasteiger partial charge is 0.210 e. The number of pyridine rings is 1. The Hall–Kier alpha value is -1.07. The molecule has 2 aromatic heterocycles. The fourth-order valence-electron chi connectivity index (χ4n) is 0.924. The summed E-state index contributed by atoms with van der Waals surface area (Å²) in [6.07, 6.45) is 5.13. The molecule has 0 aliphatic carbocycles. The van der Waals surface area contributed by atoms with E-state index in [4.69, 9.17) is 4.18 Å². The van der Waals surface area contributed by atoms with Gasteiger partial charge < -0.3 is 4.18 Å². The molecular formula is C8H6N2OS2. The van der Waals surface area contributed by atoms with E-state index in [2.05, 4.69) is 22.9 Å². The maximum atomic E-state index is 4.75. The van der Waals surface area contributed by atoms with Crippen LogP contribution in [-0.2, 0) is 0 Å². The lowest BCUT2D eigenvalue weighted by molar-refractivity contribution is 0.676. The van der Waals surface area contributed by atoms with Crippen molar-refractivity contribution in [1.29, 1.82) is 0 Å². The van der Waals surface area contributed by atoms with E-state index in [1.807, 2.05) is 12.1 Å². The molecule has 3 nitrogen and oxygen atoms in total. The van der Waals surface area contributed by atoms with Gasteiger partial charge in [-0.15, -0.1) is 0 Å². The van der Waals surface area contributed by atoms with E-state index in [0.717, 1.165) is 10.6 Å². The third-order valence-corrected chi connectivity index (χ3v) is 2.73. The number of thiazole rings is 1. The molecule has 0 atom stereocenters. The first kappa shape index (κ1) is 8.52. The van der Waals surface area contributed by atoms with Gasteiger partial charge in [-0.1, -0.05) is 11.3 Å². The van der Waals surface area contributed by atoms with Crippen LogP contribution in [0.15, 0.2) is 30.7 Å². The van der Waals surface area contributed by atoms with Crippen LogP contribution in [-0.4, -0.2) is 9.97 Å². The van der Waals surface area contributed by atoms with Crippen LogP contribution in [0.2, 0.25) is 0 Å². The van der Waals surface area contributed by atoms with E-state index in [9.17, 15) is 0 Å². The fourth-order valence-corrected chi connectivity index (χ4v) is 1.76. The van der Waals surface area contributed by atoms with Crippen LogP contribution in [0.3, 0.4) is 0 Å². The van der Waals surface area contributed by atoms with Gasteiger partial charge in [0, 0.05) is 30.9 Å². The van der Waals surface area contributed by atoms with E-state index in [0.29, 0.717) is 5.06 Å². The average Bonchev–Trinajstić information content (AvgIpc) is 2.67. The molecule has 5 heteroatoms. The molecular weight excluding hydrogens is 204 g/mol. The first-order chi connectivity index (χ1) is 6.40. The van der Waals surface area contributed by atoms with Gasteiger partial charge in [-0.25, -0.2) is 4.98 Å². The zero-order valence-electron chi connectivity index (χ0n) is 6.54. The summed E-state index contributed by atoms with van der Waals surface area (Å²) >= 11 is 5.13. The van der Waals surface area contributed by atoms with Crippen LogP contribution in [0.25, 0.3) is 10.6 Å². The van der Waals surface area contributed by atoms with Gasteiger partial charge in [0.25, 0.3) is 0 Å². The highest BCUT2D eigenvalue weighted by Gasteiger charge is 2.03. The molecule has 0 saturated heterocycles. The van der Waals surface area contributed by atoms with Crippen molar-refractivity contribution < 1.29 is 4.18 Å². The second-order valence-electron chi connectivity index (χ2n) is 2.32. The van der Waals surface area contributed by atoms with Gasteiger partial charge in [-0.3, -0.25) is 4.98 Å². The topological polar surface area (TPSA) is 35.0 Å². The predicted octanol–water partition coefficient (Wildman–Crippen LogP) is 2.43.